The molecule has 0 bridgehead atoms. The van der Waals surface area contributed by atoms with Crippen LogP contribution in [0.2, 0.25) is 0 Å². The fourth-order valence-corrected chi connectivity index (χ4v) is 2.20. The second kappa shape index (κ2) is 6.85. The molecule has 5 heteroatoms. The van der Waals surface area contributed by atoms with Gasteiger partial charge in [-0.2, -0.15) is 0 Å². The average molecular weight is 286 g/mol. The zero-order chi connectivity index (χ0) is 15.2. The Labute approximate surface area is 123 Å². The predicted molar refractivity (Wildman–Crippen MR) is 81.7 cm³/mol. The molecule has 1 unspecified atom stereocenters. The number of rotatable bonds is 6. The molecule has 0 saturated carbocycles. The van der Waals surface area contributed by atoms with E-state index in [-0.39, 0.29) is 11.7 Å². The molecule has 21 heavy (non-hydrogen) atoms. The number of benzene rings is 2. The van der Waals surface area contributed by atoms with Gasteiger partial charge in [-0.05, 0) is 37.2 Å². The maximum absolute atomic E-state index is 10.8. The van der Waals surface area contributed by atoms with Gasteiger partial charge in [0.1, 0.15) is 11.5 Å². The van der Waals surface area contributed by atoms with Crippen LogP contribution >= 0.6 is 0 Å². The van der Waals surface area contributed by atoms with E-state index < -0.39 is 4.92 Å². The highest BCUT2D eigenvalue weighted by Crippen LogP contribution is 2.27. The summed E-state index contributed by atoms with van der Waals surface area (Å²) < 4.78 is 5.72. The van der Waals surface area contributed by atoms with E-state index in [4.69, 9.17) is 4.74 Å². The summed E-state index contributed by atoms with van der Waals surface area (Å²) in [5.74, 6) is 1.13. The van der Waals surface area contributed by atoms with Crippen LogP contribution in [0.4, 0.5) is 5.69 Å². The second-order valence-electron chi connectivity index (χ2n) is 4.68. The van der Waals surface area contributed by atoms with Gasteiger partial charge in [0.15, 0.2) is 0 Å². The van der Waals surface area contributed by atoms with E-state index in [1.165, 1.54) is 12.1 Å². The molecule has 0 fully saturated rings. The number of nitrogens with one attached hydrogen (secondary N) is 1. The molecular formula is C16H18N2O3. The number of hydrogen-bond donors (Lipinski definition) is 1. The number of hydrogen-bond acceptors (Lipinski definition) is 4. The summed E-state index contributed by atoms with van der Waals surface area (Å²) in [4.78, 5) is 10.3. The molecule has 5 nitrogen and oxygen atoms in total. The third-order valence-corrected chi connectivity index (χ3v) is 3.28. The van der Waals surface area contributed by atoms with Crippen LogP contribution < -0.4 is 10.1 Å². The standard InChI is InChI=1S/C16H18N2O3/c1-3-16(17-2)12-6-4-8-14(10-12)21-15-9-5-7-13(11-15)18(19)20/h4-11,16-17H,3H2,1-2H3. The topological polar surface area (TPSA) is 64.4 Å². The molecule has 1 atom stereocenters. The van der Waals surface area contributed by atoms with Crippen LogP contribution in [0.5, 0.6) is 11.5 Å². The van der Waals surface area contributed by atoms with Gasteiger partial charge < -0.3 is 10.1 Å². The quantitative estimate of drug-likeness (QED) is 0.642. The summed E-state index contributed by atoms with van der Waals surface area (Å²) in [5.41, 5.74) is 1.15. The van der Waals surface area contributed by atoms with Crippen LogP contribution in [0.15, 0.2) is 48.5 Å². The lowest BCUT2D eigenvalue weighted by atomic mass is 10.0. The van der Waals surface area contributed by atoms with E-state index in [0.717, 1.165) is 12.0 Å². The van der Waals surface area contributed by atoms with Crippen molar-refractivity contribution in [2.24, 2.45) is 0 Å². The monoisotopic (exact) mass is 286 g/mol. The van der Waals surface area contributed by atoms with E-state index in [0.29, 0.717) is 11.5 Å². The number of ether oxygens (including phenoxy) is 1. The van der Waals surface area contributed by atoms with Gasteiger partial charge in [0.05, 0.1) is 11.0 Å². The first kappa shape index (κ1) is 15.0. The van der Waals surface area contributed by atoms with Gasteiger partial charge in [0.25, 0.3) is 5.69 Å². The molecule has 0 spiro atoms. The third-order valence-electron chi connectivity index (χ3n) is 3.28. The summed E-state index contributed by atoms with van der Waals surface area (Å²) >= 11 is 0. The first-order valence-corrected chi connectivity index (χ1v) is 6.83. The molecule has 0 aliphatic rings. The lowest BCUT2D eigenvalue weighted by Gasteiger charge is -2.15. The van der Waals surface area contributed by atoms with Gasteiger partial charge in [0, 0.05) is 12.1 Å². The second-order valence-corrected chi connectivity index (χ2v) is 4.68. The number of nitro groups is 1. The van der Waals surface area contributed by atoms with E-state index in [9.17, 15) is 10.1 Å². The highest BCUT2D eigenvalue weighted by atomic mass is 16.6. The summed E-state index contributed by atoms with van der Waals surface area (Å²) in [6.45, 7) is 2.11. The minimum atomic E-state index is -0.433. The minimum Gasteiger partial charge on any atom is -0.457 e. The first-order valence-electron chi connectivity index (χ1n) is 6.83. The molecule has 0 radical (unpaired) electrons. The third kappa shape index (κ3) is 3.79. The summed E-state index contributed by atoms with van der Waals surface area (Å²) in [6.07, 6.45) is 0.969. The Bertz CT molecular complexity index is 624. The molecule has 0 amide bonds. The van der Waals surface area contributed by atoms with Crippen LogP contribution in [0.1, 0.15) is 24.9 Å². The largest absolute Gasteiger partial charge is 0.457 e. The van der Waals surface area contributed by atoms with Crippen LogP contribution in [0.3, 0.4) is 0 Å². The maximum atomic E-state index is 10.8. The number of non-ortho nitro benzene ring substituents is 1. The molecule has 1 N–H and O–H groups in total. The van der Waals surface area contributed by atoms with E-state index in [1.807, 2.05) is 31.3 Å². The minimum absolute atomic E-state index is 0.0188. The van der Waals surface area contributed by atoms with Gasteiger partial charge in [-0.25, -0.2) is 0 Å². The number of nitrogens with zero attached hydrogens (tertiary/aromatic N) is 1. The Morgan fingerprint density at radius 3 is 2.48 bits per heavy atom. The van der Waals surface area contributed by atoms with Gasteiger partial charge in [-0.15, -0.1) is 0 Å². The molecule has 0 aromatic heterocycles. The van der Waals surface area contributed by atoms with Gasteiger partial charge in [0.2, 0.25) is 0 Å². The maximum Gasteiger partial charge on any atom is 0.273 e. The Balaban J connectivity index is 2.22. The highest BCUT2D eigenvalue weighted by molar-refractivity contribution is 5.41. The van der Waals surface area contributed by atoms with Crippen LogP contribution in [0, 0.1) is 10.1 Å². The number of nitro benzene ring substituents is 1. The molecule has 2 aromatic carbocycles. The average Bonchev–Trinajstić information content (AvgIpc) is 2.49. The van der Waals surface area contributed by atoms with Gasteiger partial charge in [-0.3, -0.25) is 10.1 Å². The smallest absolute Gasteiger partial charge is 0.273 e. The first-order chi connectivity index (χ1) is 10.1. The van der Waals surface area contributed by atoms with E-state index >= 15 is 0 Å². The van der Waals surface area contributed by atoms with Crippen molar-refractivity contribution in [3.8, 4) is 11.5 Å². The molecule has 0 aliphatic heterocycles. The van der Waals surface area contributed by atoms with Crippen molar-refractivity contribution in [3.63, 3.8) is 0 Å². The zero-order valence-corrected chi connectivity index (χ0v) is 12.1. The highest BCUT2D eigenvalue weighted by Gasteiger charge is 2.09. The van der Waals surface area contributed by atoms with Crippen molar-refractivity contribution in [1.82, 2.24) is 5.32 Å². The normalized spacial score (nSPS) is 11.9. The fourth-order valence-electron chi connectivity index (χ4n) is 2.20. The molecule has 0 heterocycles. The molecule has 2 rings (SSSR count). The van der Waals surface area contributed by atoms with Gasteiger partial charge >= 0.3 is 0 Å². The molecule has 2 aromatic rings. The Morgan fingerprint density at radius 2 is 1.86 bits per heavy atom. The summed E-state index contributed by atoms with van der Waals surface area (Å²) in [7, 11) is 1.92. The lowest BCUT2D eigenvalue weighted by molar-refractivity contribution is -0.384. The summed E-state index contributed by atoms with van der Waals surface area (Å²) in [6, 6.07) is 14.2. The van der Waals surface area contributed by atoms with Crippen molar-refractivity contribution in [3.05, 3.63) is 64.2 Å². The molecular weight excluding hydrogens is 268 g/mol. The lowest BCUT2D eigenvalue weighted by Crippen LogP contribution is -2.14. The van der Waals surface area contributed by atoms with Crippen LogP contribution in [0.25, 0.3) is 0 Å². The molecule has 0 aliphatic carbocycles. The molecule has 0 saturated heterocycles. The molecule has 110 valence electrons. The Hall–Kier alpha value is -2.40. The van der Waals surface area contributed by atoms with Crippen molar-refractivity contribution in [2.45, 2.75) is 19.4 Å². The van der Waals surface area contributed by atoms with Crippen LogP contribution in [-0.2, 0) is 0 Å². The van der Waals surface area contributed by atoms with Gasteiger partial charge in [-0.1, -0.05) is 25.1 Å². The predicted octanol–water partition coefficient (Wildman–Crippen LogP) is 4.06. The van der Waals surface area contributed by atoms with E-state index in [1.54, 1.807) is 12.1 Å². The van der Waals surface area contributed by atoms with Crippen LogP contribution in [-0.4, -0.2) is 12.0 Å². The Kier molecular flexibility index (Phi) is 4.90. The zero-order valence-electron chi connectivity index (χ0n) is 12.1. The SMILES string of the molecule is CCC(NC)c1cccc(Oc2cccc([N+](=O)[O-])c2)c1. The van der Waals surface area contributed by atoms with E-state index in [2.05, 4.69) is 12.2 Å². The fraction of sp³-hybridized carbons (Fsp3) is 0.250. The Morgan fingerprint density at radius 1 is 1.19 bits per heavy atom. The van der Waals surface area contributed by atoms with Crippen molar-refractivity contribution < 1.29 is 9.66 Å². The van der Waals surface area contributed by atoms with Crippen molar-refractivity contribution in [2.75, 3.05) is 7.05 Å². The summed E-state index contributed by atoms with van der Waals surface area (Å²) in [5, 5.41) is 14.0. The van der Waals surface area contributed by atoms with Crippen molar-refractivity contribution >= 4 is 5.69 Å². The van der Waals surface area contributed by atoms with Crippen molar-refractivity contribution in [1.29, 1.82) is 0 Å².